The maximum atomic E-state index is 12.0. The summed E-state index contributed by atoms with van der Waals surface area (Å²) in [6.07, 6.45) is 2.58. The van der Waals surface area contributed by atoms with E-state index in [0.29, 0.717) is 13.0 Å². The Kier molecular flexibility index (Phi) is 5.53. The molecule has 2 N–H and O–H groups in total. The molecule has 0 radical (unpaired) electrons. The van der Waals surface area contributed by atoms with Crippen LogP contribution in [0.2, 0.25) is 0 Å². The van der Waals surface area contributed by atoms with Gasteiger partial charge in [-0.1, -0.05) is 20.8 Å². The first-order valence-corrected chi connectivity index (χ1v) is 7.01. The SMILES string of the molecule is CC(C)(C)C(=O)NCCCC(=O)N(CC(=O)O)C1CC1. The molecule has 0 atom stereocenters. The first-order valence-electron chi connectivity index (χ1n) is 7.01. The largest absolute Gasteiger partial charge is 0.480 e. The Hall–Kier alpha value is -1.59. The molecule has 0 aromatic heterocycles. The summed E-state index contributed by atoms with van der Waals surface area (Å²) in [6, 6.07) is 0.0998. The number of nitrogens with one attached hydrogen (secondary N) is 1. The van der Waals surface area contributed by atoms with Crippen molar-refractivity contribution in [3.05, 3.63) is 0 Å². The molecule has 0 heterocycles. The molecule has 20 heavy (non-hydrogen) atoms. The van der Waals surface area contributed by atoms with Crippen molar-refractivity contribution in [2.75, 3.05) is 13.1 Å². The Morgan fingerprint density at radius 3 is 2.30 bits per heavy atom. The fourth-order valence-electron chi connectivity index (χ4n) is 1.80. The normalized spacial score (nSPS) is 14.8. The van der Waals surface area contributed by atoms with Gasteiger partial charge in [-0.2, -0.15) is 0 Å². The van der Waals surface area contributed by atoms with E-state index in [9.17, 15) is 14.4 Å². The van der Waals surface area contributed by atoms with Crippen molar-refractivity contribution >= 4 is 17.8 Å². The van der Waals surface area contributed by atoms with E-state index in [-0.39, 0.29) is 30.8 Å². The molecule has 0 spiro atoms. The molecule has 0 aliphatic heterocycles. The van der Waals surface area contributed by atoms with E-state index >= 15 is 0 Å². The van der Waals surface area contributed by atoms with Crippen LogP contribution in [-0.4, -0.2) is 46.9 Å². The summed E-state index contributed by atoms with van der Waals surface area (Å²) in [6.45, 7) is 5.70. The summed E-state index contributed by atoms with van der Waals surface area (Å²) >= 11 is 0. The van der Waals surface area contributed by atoms with Crippen LogP contribution in [0, 0.1) is 5.41 Å². The summed E-state index contributed by atoms with van der Waals surface area (Å²) in [4.78, 5) is 35.7. The number of amides is 2. The van der Waals surface area contributed by atoms with Crippen molar-refractivity contribution in [3.8, 4) is 0 Å². The van der Waals surface area contributed by atoms with Crippen LogP contribution in [0.25, 0.3) is 0 Å². The highest BCUT2D eigenvalue weighted by atomic mass is 16.4. The molecule has 0 aromatic carbocycles. The fourth-order valence-corrected chi connectivity index (χ4v) is 1.80. The Balaban J connectivity index is 2.28. The summed E-state index contributed by atoms with van der Waals surface area (Å²) in [5, 5.41) is 11.6. The van der Waals surface area contributed by atoms with Crippen LogP contribution >= 0.6 is 0 Å². The molecule has 1 aliphatic carbocycles. The van der Waals surface area contributed by atoms with Crippen molar-refractivity contribution in [3.63, 3.8) is 0 Å². The van der Waals surface area contributed by atoms with Crippen LogP contribution in [0.3, 0.4) is 0 Å². The van der Waals surface area contributed by atoms with Crippen molar-refractivity contribution in [2.24, 2.45) is 5.41 Å². The molecule has 1 aliphatic rings. The van der Waals surface area contributed by atoms with Crippen molar-refractivity contribution in [1.29, 1.82) is 0 Å². The number of aliphatic carboxylic acids is 1. The van der Waals surface area contributed by atoms with Gasteiger partial charge in [0.25, 0.3) is 0 Å². The molecule has 6 heteroatoms. The monoisotopic (exact) mass is 284 g/mol. The zero-order valence-electron chi connectivity index (χ0n) is 12.4. The van der Waals surface area contributed by atoms with E-state index < -0.39 is 11.4 Å². The fraction of sp³-hybridized carbons (Fsp3) is 0.786. The van der Waals surface area contributed by atoms with Gasteiger partial charge in [0.2, 0.25) is 11.8 Å². The molecule has 114 valence electrons. The molecule has 0 aromatic rings. The lowest BCUT2D eigenvalue weighted by molar-refractivity contribution is -0.144. The predicted octanol–water partition coefficient (Wildman–Crippen LogP) is 1.00. The maximum absolute atomic E-state index is 12.0. The van der Waals surface area contributed by atoms with E-state index in [1.165, 1.54) is 4.90 Å². The third-order valence-corrected chi connectivity index (χ3v) is 3.15. The summed E-state index contributed by atoms with van der Waals surface area (Å²) in [5.41, 5.74) is -0.437. The van der Waals surface area contributed by atoms with E-state index in [1.54, 1.807) is 0 Å². The first kappa shape index (κ1) is 16.5. The molecule has 0 bridgehead atoms. The van der Waals surface area contributed by atoms with Gasteiger partial charge in [-0.15, -0.1) is 0 Å². The third kappa shape index (κ3) is 5.59. The summed E-state index contributed by atoms with van der Waals surface area (Å²) in [5.74, 6) is -1.17. The summed E-state index contributed by atoms with van der Waals surface area (Å²) < 4.78 is 0. The lowest BCUT2D eigenvalue weighted by atomic mass is 9.96. The molecule has 2 amide bonds. The molecular weight excluding hydrogens is 260 g/mol. The second-order valence-electron chi connectivity index (χ2n) is 6.26. The van der Waals surface area contributed by atoms with Gasteiger partial charge in [-0.05, 0) is 19.3 Å². The number of rotatable bonds is 7. The Bertz CT molecular complexity index is 383. The van der Waals surface area contributed by atoms with E-state index in [4.69, 9.17) is 5.11 Å². The standard InChI is InChI=1S/C14H24N2O4/c1-14(2,3)13(20)15-8-4-5-11(17)16(9-12(18)19)10-6-7-10/h10H,4-9H2,1-3H3,(H,15,20)(H,18,19). The number of carbonyl (C=O) groups excluding carboxylic acids is 2. The lowest BCUT2D eigenvalue weighted by Gasteiger charge is -2.21. The predicted molar refractivity (Wildman–Crippen MR) is 74.1 cm³/mol. The Labute approximate surface area is 119 Å². The highest BCUT2D eigenvalue weighted by Gasteiger charge is 2.33. The van der Waals surface area contributed by atoms with Crippen molar-refractivity contribution in [1.82, 2.24) is 10.2 Å². The van der Waals surface area contributed by atoms with Gasteiger partial charge in [-0.3, -0.25) is 14.4 Å². The first-order chi connectivity index (χ1) is 9.21. The second kappa shape index (κ2) is 6.72. The quantitative estimate of drug-likeness (QED) is 0.683. The van der Waals surface area contributed by atoms with Crippen LogP contribution in [-0.2, 0) is 14.4 Å². The zero-order chi connectivity index (χ0) is 15.3. The van der Waals surface area contributed by atoms with E-state index in [1.807, 2.05) is 20.8 Å². The van der Waals surface area contributed by atoms with Crippen molar-refractivity contribution < 1.29 is 19.5 Å². The average molecular weight is 284 g/mol. The average Bonchev–Trinajstić information content (AvgIpc) is 3.13. The van der Waals surface area contributed by atoms with Gasteiger partial charge in [0.1, 0.15) is 6.54 Å². The number of carbonyl (C=O) groups is 3. The van der Waals surface area contributed by atoms with Crippen LogP contribution < -0.4 is 5.32 Å². The number of hydrogen-bond acceptors (Lipinski definition) is 3. The number of carboxylic acid groups (broad SMARTS) is 1. The van der Waals surface area contributed by atoms with E-state index in [2.05, 4.69) is 5.32 Å². The Morgan fingerprint density at radius 2 is 1.85 bits per heavy atom. The van der Waals surface area contributed by atoms with Gasteiger partial charge in [0, 0.05) is 24.4 Å². The number of carboxylic acids is 1. The highest BCUT2D eigenvalue weighted by Crippen LogP contribution is 2.27. The maximum Gasteiger partial charge on any atom is 0.323 e. The van der Waals surface area contributed by atoms with Crippen LogP contribution in [0.4, 0.5) is 0 Å². The molecule has 0 unspecified atom stereocenters. The number of nitrogens with zero attached hydrogens (tertiary/aromatic N) is 1. The topological polar surface area (TPSA) is 86.7 Å². The minimum atomic E-state index is -0.980. The molecule has 1 rings (SSSR count). The van der Waals surface area contributed by atoms with Gasteiger partial charge < -0.3 is 15.3 Å². The Morgan fingerprint density at radius 1 is 1.25 bits per heavy atom. The highest BCUT2D eigenvalue weighted by molar-refractivity contribution is 5.82. The smallest absolute Gasteiger partial charge is 0.323 e. The summed E-state index contributed by atoms with van der Waals surface area (Å²) in [7, 11) is 0. The number of hydrogen-bond donors (Lipinski definition) is 2. The van der Waals surface area contributed by atoms with Crippen LogP contribution in [0.15, 0.2) is 0 Å². The lowest BCUT2D eigenvalue weighted by Crippen LogP contribution is -2.38. The molecule has 1 fully saturated rings. The van der Waals surface area contributed by atoms with Crippen LogP contribution in [0.5, 0.6) is 0 Å². The second-order valence-corrected chi connectivity index (χ2v) is 6.26. The van der Waals surface area contributed by atoms with E-state index in [0.717, 1.165) is 12.8 Å². The minimum absolute atomic E-state index is 0.0467. The van der Waals surface area contributed by atoms with Gasteiger partial charge >= 0.3 is 5.97 Å². The molecular formula is C14H24N2O4. The van der Waals surface area contributed by atoms with Crippen molar-refractivity contribution in [2.45, 2.75) is 52.5 Å². The minimum Gasteiger partial charge on any atom is -0.480 e. The zero-order valence-corrected chi connectivity index (χ0v) is 12.4. The van der Waals surface area contributed by atoms with Gasteiger partial charge in [-0.25, -0.2) is 0 Å². The van der Waals surface area contributed by atoms with Gasteiger partial charge in [0.15, 0.2) is 0 Å². The van der Waals surface area contributed by atoms with Gasteiger partial charge in [0.05, 0.1) is 0 Å². The molecule has 6 nitrogen and oxygen atoms in total. The molecule has 0 saturated heterocycles. The third-order valence-electron chi connectivity index (χ3n) is 3.15. The van der Waals surface area contributed by atoms with Crippen LogP contribution in [0.1, 0.15) is 46.5 Å². The molecule has 1 saturated carbocycles.